The SMILES string of the molecule is CCNC(=NCc1ccc(C(N)=O)cc1)NCCc1nc(C(F)(F)F)cs1. The van der Waals surface area contributed by atoms with Crippen LogP contribution in [0.3, 0.4) is 0 Å². The number of halogens is 3. The number of nitrogens with two attached hydrogens (primary N) is 1. The van der Waals surface area contributed by atoms with Gasteiger partial charge in [-0.3, -0.25) is 4.79 Å². The molecule has 0 aliphatic rings. The number of nitrogens with zero attached hydrogens (tertiary/aromatic N) is 2. The number of aliphatic imine (C=N–C) groups is 1. The van der Waals surface area contributed by atoms with E-state index in [1.807, 2.05) is 6.92 Å². The first-order chi connectivity index (χ1) is 12.8. The maximum atomic E-state index is 12.6. The summed E-state index contributed by atoms with van der Waals surface area (Å²) < 4.78 is 37.7. The van der Waals surface area contributed by atoms with Gasteiger partial charge in [0.2, 0.25) is 5.91 Å². The van der Waals surface area contributed by atoms with Gasteiger partial charge in [-0.15, -0.1) is 11.3 Å². The van der Waals surface area contributed by atoms with E-state index in [9.17, 15) is 18.0 Å². The van der Waals surface area contributed by atoms with E-state index < -0.39 is 17.8 Å². The van der Waals surface area contributed by atoms with Crippen molar-refractivity contribution in [2.24, 2.45) is 10.7 Å². The summed E-state index contributed by atoms with van der Waals surface area (Å²) in [5, 5.41) is 7.56. The summed E-state index contributed by atoms with van der Waals surface area (Å²) in [5.41, 5.74) is 5.66. The van der Waals surface area contributed by atoms with Crippen LogP contribution in [0.15, 0.2) is 34.6 Å². The van der Waals surface area contributed by atoms with Gasteiger partial charge in [0.15, 0.2) is 11.7 Å². The second-order valence-electron chi connectivity index (χ2n) is 5.56. The predicted molar refractivity (Wildman–Crippen MR) is 98.6 cm³/mol. The van der Waals surface area contributed by atoms with Crippen LogP contribution in [0.2, 0.25) is 0 Å². The Morgan fingerprint density at radius 3 is 2.52 bits per heavy atom. The molecule has 0 atom stereocenters. The normalized spacial score (nSPS) is 12.1. The summed E-state index contributed by atoms with van der Waals surface area (Å²) >= 11 is 0.986. The van der Waals surface area contributed by atoms with Crippen molar-refractivity contribution < 1.29 is 18.0 Å². The minimum atomic E-state index is -4.41. The molecule has 2 aromatic rings. The molecule has 1 heterocycles. The van der Waals surface area contributed by atoms with Crippen LogP contribution in [0.25, 0.3) is 0 Å². The van der Waals surface area contributed by atoms with Gasteiger partial charge < -0.3 is 16.4 Å². The Labute approximate surface area is 158 Å². The highest BCUT2D eigenvalue weighted by Gasteiger charge is 2.33. The van der Waals surface area contributed by atoms with Gasteiger partial charge in [-0.1, -0.05) is 12.1 Å². The molecular formula is C17H20F3N5OS. The summed E-state index contributed by atoms with van der Waals surface area (Å²) in [6, 6.07) is 6.80. The second-order valence-corrected chi connectivity index (χ2v) is 6.50. The van der Waals surface area contributed by atoms with Gasteiger partial charge in [0.05, 0.1) is 11.6 Å². The Hall–Kier alpha value is -2.62. The lowest BCUT2D eigenvalue weighted by Gasteiger charge is -2.10. The third kappa shape index (κ3) is 6.55. The highest BCUT2D eigenvalue weighted by atomic mass is 32.1. The van der Waals surface area contributed by atoms with Crippen molar-refractivity contribution in [3.05, 3.63) is 51.5 Å². The molecule has 0 spiro atoms. The molecule has 0 saturated carbocycles. The van der Waals surface area contributed by atoms with Crippen LogP contribution < -0.4 is 16.4 Å². The van der Waals surface area contributed by atoms with Crippen molar-refractivity contribution in [2.75, 3.05) is 13.1 Å². The van der Waals surface area contributed by atoms with Crippen LogP contribution in [0.1, 0.15) is 33.5 Å². The minimum absolute atomic E-state index is 0.360. The summed E-state index contributed by atoms with van der Waals surface area (Å²) in [5.74, 6) is 0.0556. The second kappa shape index (κ2) is 9.36. The molecule has 27 heavy (non-hydrogen) atoms. The Kier molecular flexibility index (Phi) is 7.17. The molecule has 4 N–H and O–H groups in total. The van der Waals surface area contributed by atoms with E-state index in [0.29, 0.717) is 42.6 Å². The van der Waals surface area contributed by atoms with Crippen molar-refractivity contribution in [3.63, 3.8) is 0 Å². The molecule has 1 aromatic heterocycles. The van der Waals surface area contributed by atoms with Gasteiger partial charge in [0.25, 0.3) is 0 Å². The quantitative estimate of drug-likeness (QED) is 0.493. The zero-order valence-corrected chi connectivity index (χ0v) is 15.5. The molecule has 1 aromatic carbocycles. The van der Waals surface area contributed by atoms with Gasteiger partial charge in [-0.25, -0.2) is 9.98 Å². The van der Waals surface area contributed by atoms with Gasteiger partial charge in [-0.2, -0.15) is 13.2 Å². The number of nitrogens with one attached hydrogen (secondary N) is 2. The Morgan fingerprint density at radius 1 is 1.26 bits per heavy atom. The molecule has 1 amide bonds. The number of alkyl halides is 3. The minimum Gasteiger partial charge on any atom is -0.366 e. The molecule has 0 saturated heterocycles. The molecule has 0 aliphatic heterocycles. The monoisotopic (exact) mass is 399 g/mol. The fourth-order valence-electron chi connectivity index (χ4n) is 2.13. The average molecular weight is 399 g/mol. The van der Waals surface area contributed by atoms with Crippen molar-refractivity contribution in [3.8, 4) is 0 Å². The van der Waals surface area contributed by atoms with E-state index in [-0.39, 0.29) is 0 Å². The third-order valence-corrected chi connectivity index (χ3v) is 4.38. The predicted octanol–water partition coefficient (Wildman–Crippen LogP) is 2.56. The van der Waals surface area contributed by atoms with E-state index in [2.05, 4.69) is 20.6 Å². The number of rotatable bonds is 7. The molecule has 0 unspecified atom stereocenters. The van der Waals surface area contributed by atoms with Crippen LogP contribution in [0.4, 0.5) is 13.2 Å². The Morgan fingerprint density at radius 2 is 1.96 bits per heavy atom. The summed E-state index contributed by atoms with van der Waals surface area (Å²) in [6.45, 7) is 3.33. The number of aromatic nitrogens is 1. The van der Waals surface area contributed by atoms with Crippen molar-refractivity contribution in [1.82, 2.24) is 15.6 Å². The summed E-state index contributed by atoms with van der Waals surface area (Å²) in [6.07, 6.45) is -4.05. The molecule has 10 heteroatoms. The number of carbonyl (C=O) groups is 1. The highest BCUT2D eigenvalue weighted by Crippen LogP contribution is 2.29. The molecule has 146 valence electrons. The molecule has 0 radical (unpaired) electrons. The van der Waals surface area contributed by atoms with Gasteiger partial charge in [-0.05, 0) is 24.6 Å². The number of benzene rings is 1. The maximum Gasteiger partial charge on any atom is 0.434 e. The topological polar surface area (TPSA) is 92.4 Å². The van der Waals surface area contributed by atoms with E-state index >= 15 is 0 Å². The van der Waals surface area contributed by atoms with E-state index in [0.717, 1.165) is 22.3 Å². The number of amides is 1. The summed E-state index contributed by atoms with van der Waals surface area (Å²) in [4.78, 5) is 19.1. The highest BCUT2D eigenvalue weighted by molar-refractivity contribution is 7.09. The number of hydrogen-bond donors (Lipinski definition) is 3. The number of primary amides is 1. The lowest BCUT2D eigenvalue weighted by Crippen LogP contribution is -2.38. The van der Waals surface area contributed by atoms with E-state index in [4.69, 9.17) is 5.73 Å². The number of carbonyl (C=O) groups excluding carboxylic acids is 1. The van der Waals surface area contributed by atoms with Crippen LogP contribution >= 0.6 is 11.3 Å². The average Bonchev–Trinajstić information content (AvgIpc) is 3.09. The first-order valence-electron chi connectivity index (χ1n) is 8.22. The smallest absolute Gasteiger partial charge is 0.366 e. The Bertz CT molecular complexity index is 787. The molecule has 2 rings (SSSR count). The van der Waals surface area contributed by atoms with Gasteiger partial charge >= 0.3 is 6.18 Å². The van der Waals surface area contributed by atoms with Crippen LogP contribution in [0.5, 0.6) is 0 Å². The third-order valence-electron chi connectivity index (χ3n) is 3.48. The molecule has 0 bridgehead atoms. The van der Waals surface area contributed by atoms with Crippen LogP contribution in [-0.4, -0.2) is 29.9 Å². The van der Waals surface area contributed by atoms with Crippen molar-refractivity contribution in [1.29, 1.82) is 0 Å². The van der Waals surface area contributed by atoms with Crippen molar-refractivity contribution >= 4 is 23.2 Å². The van der Waals surface area contributed by atoms with Gasteiger partial charge in [0.1, 0.15) is 0 Å². The largest absolute Gasteiger partial charge is 0.434 e. The fraction of sp³-hybridized carbons (Fsp3) is 0.353. The molecule has 6 nitrogen and oxygen atoms in total. The molecule has 0 fully saturated rings. The van der Waals surface area contributed by atoms with Crippen molar-refractivity contribution in [2.45, 2.75) is 26.1 Å². The molecule has 0 aliphatic carbocycles. The maximum absolute atomic E-state index is 12.6. The lowest BCUT2D eigenvalue weighted by atomic mass is 10.1. The fourth-order valence-corrected chi connectivity index (χ4v) is 2.94. The number of hydrogen-bond acceptors (Lipinski definition) is 4. The van der Waals surface area contributed by atoms with E-state index in [1.54, 1.807) is 24.3 Å². The zero-order chi connectivity index (χ0) is 19.9. The van der Waals surface area contributed by atoms with Crippen LogP contribution in [0, 0.1) is 0 Å². The lowest BCUT2D eigenvalue weighted by molar-refractivity contribution is -0.140. The summed E-state index contributed by atoms with van der Waals surface area (Å²) in [7, 11) is 0. The first-order valence-corrected chi connectivity index (χ1v) is 9.10. The van der Waals surface area contributed by atoms with Crippen LogP contribution in [-0.2, 0) is 19.1 Å². The van der Waals surface area contributed by atoms with Gasteiger partial charge in [0, 0.05) is 30.5 Å². The Balaban J connectivity index is 1.89. The number of guanidine groups is 1. The van der Waals surface area contributed by atoms with E-state index in [1.165, 1.54) is 0 Å². The zero-order valence-electron chi connectivity index (χ0n) is 14.6. The molecular weight excluding hydrogens is 379 g/mol. The standard InChI is InChI=1S/C17H20F3N5OS/c1-2-22-16(24-9-11-3-5-12(6-4-11)15(21)26)23-8-7-14-25-13(10-27-14)17(18,19)20/h3-6,10H,2,7-9H2,1H3,(H2,21,26)(H2,22,23,24). The first kappa shape index (κ1) is 20.7. The number of thiazole rings is 1.